The van der Waals surface area contributed by atoms with Crippen molar-refractivity contribution in [3.63, 3.8) is 0 Å². The number of piperidine rings is 1. The largest absolute Gasteiger partial charge is 0.392 e. The summed E-state index contributed by atoms with van der Waals surface area (Å²) in [5.41, 5.74) is 0. The molecule has 2 N–H and O–H groups in total. The average molecular weight is 155 g/mol. The van der Waals surface area contributed by atoms with Crippen molar-refractivity contribution in [1.29, 1.82) is 0 Å². The summed E-state index contributed by atoms with van der Waals surface area (Å²) in [7, 11) is 0. The lowest BCUT2D eigenvalue weighted by molar-refractivity contribution is 0.0741. The predicted molar refractivity (Wildman–Crippen MR) is 44.3 cm³/mol. The van der Waals surface area contributed by atoms with Crippen LogP contribution in [0.15, 0.2) is 0 Å². The van der Waals surface area contributed by atoms with E-state index in [1.807, 2.05) is 0 Å². The Morgan fingerprint density at radius 2 is 2.09 bits per heavy atom. The smallest absolute Gasteiger partial charge is 0.0693 e. The highest BCUT2D eigenvalue weighted by Crippen LogP contribution is 2.37. The molecule has 0 amide bonds. The lowest BCUT2D eigenvalue weighted by Gasteiger charge is -2.28. The van der Waals surface area contributed by atoms with Gasteiger partial charge in [-0.25, -0.2) is 0 Å². The molecule has 0 radical (unpaired) electrons. The fraction of sp³-hybridized carbons (Fsp3) is 1.00. The summed E-state index contributed by atoms with van der Waals surface area (Å²) in [4.78, 5) is 0. The van der Waals surface area contributed by atoms with Crippen LogP contribution in [0.3, 0.4) is 0 Å². The van der Waals surface area contributed by atoms with Gasteiger partial charge in [-0.3, -0.25) is 0 Å². The van der Waals surface area contributed by atoms with E-state index in [9.17, 15) is 5.11 Å². The van der Waals surface area contributed by atoms with E-state index in [0.717, 1.165) is 19.0 Å². The zero-order chi connectivity index (χ0) is 7.68. The molecule has 11 heavy (non-hydrogen) atoms. The van der Waals surface area contributed by atoms with Gasteiger partial charge < -0.3 is 10.4 Å². The summed E-state index contributed by atoms with van der Waals surface area (Å²) in [6.45, 7) is 1.92. The molecule has 1 heterocycles. The number of rotatable bonds is 2. The van der Waals surface area contributed by atoms with E-state index >= 15 is 0 Å². The Morgan fingerprint density at radius 3 is 2.73 bits per heavy atom. The molecular formula is C9H17NO. The second kappa shape index (κ2) is 3.11. The highest BCUT2D eigenvalue weighted by molar-refractivity contribution is 4.83. The molecule has 1 aliphatic carbocycles. The fourth-order valence-electron chi connectivity index (χ4n) is 1.95. The first kappa shape index (κ1) is 7.56. The van der Waals surface area contributed by atoms with E-state index in [1.54, 1.807) is 0 Å². The van der Waals surface area contributed by atoms with Crippen LogP contribution in [-0.2, 0) is 0 Å². The van der Waals surface area contributed by atoms with Crippen molar-refractivity contribution >= 4 is 0 Å². The van der Waals surface area contributed by atoms with E-state index < -0.39 is 0 Å². The first-order chi connectivity index (χ1) is 5.36. The molecular weight excluding hydrogens is 138 g/mol. The zero-order valence-electron chi connectivity index (χ0n) is 6.92. The third-order valence-electron chi connectivity index (χ3n) is 2.92. The van der Waals surface area contributed by atoms with Crippen LogP contribution in [0.4, 0.5) is 0 Å². The molecule has 0 aromatic carbocycles. The fourth-order valence-corrected chi connectivity index (χ4v) is 1.95. The highest BCUT2D eigenvalue weighted by Gasteiger charge is 2.30. The molecule has 0 unspecified atom stereocenters. The van der Waals surface area contributed by atoms with Crippen molar-refractivity contribution < 1.29 is 5.11 Å². The highest BCUT2D eigenvalue weighted by atomic mass is 16.3. The molecule has 1 saturated carbocycles. The van der Waals surface area contributed by atoms with Crippen LogP contribution >= 0.6 is 0 Å². The lowest BCUT2D eigenvalue weighted by Crippen LogP contribution is -2.40. The van der Waals surface area contributed by atoms with Gasteiger partial charge in [0, 0.05) is 6.54 Å². The van der Waals surface area contributed by atoms with Crippen LogP contribution in [0, 0.1) is 11.8 Å². The third-order valence-corrected chi connectivity index (χ3v) is 2.92. The molecule has 1 saturated heterocycles. The first-order valence-corrected chi connectivity index (χ1v) is 4.75. The van der Waals surface area contributed by atoms with Crippen LogP contribution < -0.4 is 5.32 Å². The number of hydrogen-bond donors (Lipinski definition) is 2. The van der Waals surface area contributed by atoms with Crippen molar-refractivity contribution in [3.05, 3.63) is 0 Å². The monoisotopic (exact) mass is 155 g/mol. The number of aliphatic hydroxyl groups is 1. The molecule has 0 spiro atoms. The Kier molecular flexibility index (Phi) is 2.14. The summed E-state index contributed by atoms with van der Waals surface area (Å²) in [5.74, 6) is 1.57. The molecule has 1 aliphatic heterocycles. The quantitative estimate of drug-likeness (QED) is 0.617. The number of β-amino-alcohol motifs (C(OH)–C–C–N with tert-alkyl or cyclic N) is 1. The first-order valence-electron chi connectivity index (χ1n) is 4.75. The average Bonchev–Trinajstić information content (AvgIpc) is 2.78. The number of aliphatic hydroxyl groups excluding tert-OH is 1. The number of nitrogens with one attached hydrogen (secondary N) is 1. The van der Waals surface area contributed by atoms with Crippen LogP contribution in [-0.4, -0.2) is 24.3 Å². The van der Waals surface area contributed by atoms with Gasteiger partial charge in [0.1, 0.15) is 0 Å². The minimum Gasteiger partial charge on any atom is -0.392 e. The van der Waals surface area contributed by atoms with Crippen LogP contribution in [0.2, 0.25) is 0 Å². The maximum absolute atomic E-state index is 9.58. The maximum atomic E-state index is 9.58. The van der Waals surface area contributed by atoms with Gasteiger partial charge in [0.2, 0.25) is 0 Å². The standard InChI is InChI=1S/C9H17NO/c11-9-6-10-4-3-8(9)5-7-1-2-7/h7-11H,1-6H2/t8-,9+/m1/s1. The lowest BCUT2D eigenvalue weighted by atomic mass is 9.90. The van der Waals surface area contributed by atoms with Gasteiger partial charge in [0.15, 0.2) is 0 Å². The molecule has 0 aromatic heterocycles. The van der Waals surface area contributed by atoms with Crippen molar-refractivity contribution in [2.75, 3.05) is 13.1 Å². The third kappa shape index (κ3) is 1.94. The van der Waals surface area contributed by atoms with Crippen LogP contribution in [0.5, 0.6) is 0 Å². The van der Waals surface area contributed by atoms with Crippen molar-refractivity contribution in [1.82, 2.24) is 5.32 Å². The Hall–Kier alpha value is -0.0800. The summed E-state index contributed by atoms with van der Waals surface area (Å²) >= 11 is 0. The second-order valence-electron chi connectivity index (χ2n) is 4.00. The minimum absolute atomic E-state index is 0.0654. The molecule has 2 rings (SSSR count). The minimum atomic E-state index is -0.0654. The Morgan fingerprint density at radius 1 is 1.27 bits per heavy atom. The van der Waals surface area contributed by atoms with Gasteiger partial charge in [-0.15, -0.1) is 0 Å². The topological polar surface area (TPSA) is 32.3 Å². The van der Waals surface area contributed by atoms with E-state index in [2.05, 4.69) is 5.32 Å². The van der Waals surface area contributed by atoms with E-state index in [-0.39, 0.29) is 6.10 Å². The maximum Gasteiger partial charge on any atom is 0.0693 e. The Labute approximate surface area is 68.0 Å². The molecule has 2 nitrogen and oxygen atoms in total. The van der Waals surface area contributed by atoms with Gasteiger partial charge in [-0.2, -0.15) is 0 Å². The Bertz CT molecular complexity index is 134. The summed E-state index contributed by atoms with van der Waals surface area (Å²) in [5, 5.41) is 12.8. The normalized spacial score (nSPS) is 39.0. The molecule has 0 aromatic rings. The molecule has 64 valence electrons. The zero-order valence-corrected chi connectivity index (χ0v) is 6.92. The van der Waals surface area contributed by atoms with Crippen molar-refractivity contribution in [2.24, 2.45) is 11.8 Å². The van der Waals surface area contributed by atoms with Gasteiger partial charge in [-0.1, -0.05) is 12.8 Å². The van der Waals surface area contributed by atoms with Crippen molar-refractivity contribution in [2.45, 2.75) is 31.8 Å². The van der Waals surface area contributed by atoms with Gasteiger partial charge in [0.25, 0.3) is 0 Å². The molecule has 0 bridgehead atoms. The van der Waals surface area contributed by atoms with Gasteiger partial charge in [-0.05, 0) is 31.2 Å². The van der Waals surface area contributed by atoms with Gasteiger partial charge >= 0.3 is 0 Å². The molecule has 2 heteroatoms. The summed E-state index contributed by atoms with van der Waals surface area (Å²) < 4.78 is 0. The molecule has 2 fully saturated rings. The predicted octanol–water partition coefficient (Wildman–Crippen LogP) is 0.757. The van der Waals surface area contributed by atoms with E-state index in [4.69, 9.17) is 0 Å². The van der Waals surface area contributed by atoms with Crippen LogP contribution in [0.1, 0.15) is 25.7 Å². The van der Waals surface area contributed by atoms with Gasteiger partial charge in [0.05, 0.1) is 6.10 Å². The Balaban J connectivity index is 1.78. The van der Waals surface area contributed by atoms with E-state index in [1.165, 1.54) is 25.7 Å². The molecule has 2 atom stereocenters. The SMILES string of the molecule is O[C@H]1CNCC[C@@H]1CC1CC1. The summed E-state index contributed by atoms with van der Waals surface area (Å²) in [6, 6.07) is 0. The van der Waals surface area contributed by atoms with Crippen molar-refractivity contribution in [3.8, 4) is 0 Å². The second-order valence-corrected chi connectivity index (χ2v) is 4.00. The van der Waals surface area contributed by atoms with E-state index in [0.29, 0.717) is 5.92 Å². The molecule has 2 aliphatic rings. The van der Waals surface area contributed by atoms with Crippen LogP contribution in [0.25, 0.3) is 0 Å². The summed E-state index contributed by atoms with van der Waals surface area (Å²) in [6.07, 6.45) is 5.22. The number of hydrogen-bond acceptors (Lipinski definition) is 2.